The first kappa shape index (κ1) is 11.9. The summed E-state index contributed by atoms with van der Waals surface area (Å²) in [6.07, 6.45) is 1.18. The molecule has 1 atom stereocenters. The normalized spacial score (nSPS) is 13.6. The summed E-state index contributed by atoms with van der Waals surface area (Å²) in [5.74, 6) is 0. The van der Waals surface area contributed by atoms with Gasteiger partial charge in [-0.3, -0.25) is 5.10 Å². The van der Waals surface area contributed by atoms with Crippen LogP contribution in [0.15, 0.2) is 36.5 Å². The van der Waals surface area contributed by atoms with Crippen molar-refractivity contribution in [2.75, 3.05) is 0 Å². The Hall–Kier alpha value is -1.61. The molecule has 1 heterocycles. The molecule has 1 aromatic carbocycles. The van der Waals surface area contributed by atoms with Gasteiger partial charge in [0.05, 0.1) is 18.0 Å². The van der Waals surface area contributed by atoms with E-state index in [-0.39, 0.29) is 5.41 Å². The zero-order chi connectivity index (χ0) is 12.5. The minimum absolute atomic E-state index is 0.201. The first-order valence-corrected chi connectivity index (χ1v) is 5.77. The van der Waals surface area contributed by atoms with E-state index in [0.717, 1.165) is 16.8 Å². The zero-order valence-electron chi connectivity index (χ0n) is 10.4. The van der Waals surface area contributed by atoms with Crippen LogP contribution in [0.25, 0.3) is 11.3 Å². The van der Waals surface area contributed by atoms with Crippen molar-refractivity contribution in [3.05, 3.63) is 42.1 Å². The Morgan fingerprint density at radius 3 is 2.41 bits per heavy atom. The lowest BCUT2D eigenvalue weighted by Gasteiger charge is -2.25. The van der Waals surface area contributed by atoms with E-state index in [2.05, 4.69) is 10.2 Å². The van der Waals surface area contributed by atoms with Crippen LogP contribution < -0.4 is 0 Å². The molecule has 0 aliphatic rings. The maximum absolute atomic E-state index is 10.3. The van der Waals surface area contributed by atoms with Gasteiger partial charge in [0.2, 0.25) is 0 Å². The molecule has 0 saturated carbocycles. The Bertz CT molecular complexity index is 482. The molecule has 17 heavy (non-hydrogen) atoms. The molecule has 3 nitrogen and oxygen atoms in total. The number of aliphatic hydroxyl groups excluding tert-OH is 1. The molecule has 1 aromatic heterocycles. The van der Waals surface area contributed by atoms with Crippen LogP contribution in [0.1, 0.15) is 32.4 Å². The fraction of sp³-hybridized carbons (Fsp3) is 0.357. The van der Waals surface area contributed by atoms with E-state index in [1.807, 2.05) is 51.1 Å². The molecular weight excluding hydrogens is 212 g/mol. The van der Waals surface area contributed by atoms with Crippen molar-refractivity contribution in [1.29, 1.82) is 0 Å². The van der Waals surface area contributed by atoms with Gasteiger partial charge in [0.25, 0.3) is 0 Å². The predicted molar refractivity (Wildman–Crippen MR) is 68.4 cm³/mol. The van der Waals surface area contributed by atoms with Gasteiger partial charge in [-0.15, -0.1) is 0 Å². The lowest BCUT2D eigenvalue weighted by molar-refractivity contribution is 0.0632. The number of hydrogen-bond acceptors (Lipinski definition) is 2. The molecule has 3 heteroatoms. The average Bonchev–Trinajstić information content (AvgIpc) is 2.76. The minimum atomic E-state index is -0.531. The molecule has 90 valence electrons. The van der Waals surface area contributed by atoms with Crippen LogP contribution in [-0.2, 0) is 0 Å². The smallest absolute Gasteiger partial charge is 0.0874 e. The Morgan fingerprint density at radius 2 is 1.82 bits per heavy atom. The van der Waals surface area contributed by atoms with Gasteiger partial charge in [0.1, 0.15) is 0 Å². The van der Waals surface area contributed by atoms with Crippen LogP contribution in [0.5, 0.6) is 0 Å². The summed E-state index contributed by atoms with van der Waals surface area (Å²) < 4.78 is 0. The number of aromatic amines is 1. The fourth-order valence-electron chi connectivity index (χ4n) is 1.81. The highest BCUT2D eigenvalue weighted by Gasteiger charge is 2.27. The second-order valence-corrected chi connectivity index (χ2v) is 5.33. The summed E-state index contributed by atoms with van der Waals surface area (Å²) in [6, 6.07) is 9.94. The van der Waals surface area contributed by atoms with Crippen LogP contribution in [0.3, 0.4) is 0 Å². The van der Waals surface area contributed by atoms with Crippen molar-refractivity contribution in [2.45, 2.75) is 26.9 Å². The molecule has 0 fully saturated rings. The van der Waals surface area contributed by atoms with E-state index in [9.17, 15) is 5.11 Å². The molecule has 2 rings (SSSR count). The third kappa shape index (κ3) is 2.39. The monoisotopic (exact) mass is 230 g/mol. The second-order valence-electron chi connectivity index (χ2n) is 5.33. The molecular formula is C14H18N2O. The first-order chi connectivity index (χ1) is 8.00. The SMILES string of the molecule is CC(C)(C)C(O)c1cn[nH]c1-c1ccccc1. The maximum atomic E-state index is 10.3. The van der Waals surface area contributed by atoms with E-state index >= 15 is 0 Å². The number of benzene rings is 1. The lowest BCUT2D eigenvalue weighted by atomic mass is 9.84. The fourth-order valence-corrected chi connectivity index (χ4v) is 1.81. The number of aromatic nitrogens is 2. The summed E-state index contributed by atoms with van der Waals surface area (Å²) in [7, 11) is 0. The number of nitrogens with zero attached hydrogens (tertiary/aromatic N) is 1. The van der Waals surface area contributed by atoms with E-state index in [4.69, 9.17) is 0 Å². The van der Waals surface area contributed by atoms with E-state index in [1.54, 1.807) is 6.20 Å². The molecule has 0 spiro atoms. The summed E-state index contributed by atoms with van der Waals surface area (Å²) in [5, 5.41) is 17.3. The summed E-state index contributed by atoms with van der Waals surface area (Å²) in [6.45, 7) is 6.04. The van der Waals surface area contributed by atoms with Gasteiger partial charge in [0.15, 0.2) is 0 Å². The van der Waals surface area contributed by atoms with Crippen LogP contribution in [0.4, 0.5) is 0 Å². The molecule has 0 saturated heterocycles. The van der Waals surface area contributed by atoms with E-state index < -0.39 is 6.10 Å². The largest absolute Gasteiger partial charge is 0.388 e. The number of nitrogens with one attached hydrogen (secondary N) is 1. The Labute approximate surface area is 102 Å². The molecule has 0 bridgehead atoms. The third-order valence-electron chi connectivity index (χ3n) is 2.85. The van der Waals surface area contributed by atoms with E-state index in [0.29, 0.717) is 0 Å². The number of aliphatic hydroxyl groups is 1. The molecule has 0 aliphatic heterocycles. The van der Waals surface area contributed by atoms with Crippen molar-refractivity contribution in [1.82, 2.24) is 10.2 Å². The molecule has 1 unspecified atom stereocenters. The van der Waals surface area contributed by atoms with Crippen LogP contribution >= 0.6 is 0 Å². The Balaban J connectivity index is 2.43. The zero-order valence-corrected chi connectivity index (χ0v) is 10.4. The standard InChI is InChI=1S/C14H18N2O/c1-14(2,3)13(17)11-9-15-16-12(11)10-7-5-4-6-8-10/h4-9,13,17H,1-3H3,(H,15,16). The highest BCUT2D eigenvalue weighted by atomic mass is 16.3. The molecule has 2 N–H and O–H groups in total. The second kappa shape index (κ2) is 4.34. The number of hydrogen-bond donors (Lipinski definition) is 2. The van der Waals surface area contributed by atoms with Gasteiger partial charge in [-0.1, -0.05) is 51.1 Å². The molecule has 2 aromatic rings. The molecule has 0 radical (unpaired) electrons. The lowest BCUT2D eigenvalue weighted by Crippen LogP contribution is -2.17. The highest BCUT2D eigenvalue weighted by molar-refractivity contribution is 5.63. The minimum Gasteiger partial charge on any atom is -0.388 e. The van der Waals surface area contributed by atoms with Gasteiger partial charge in [0, 0.05) is 5.56 Å². The van der Waals surface area contributed by atoms with Crippen LogP contribution in [-0.4, -0.2) is 15.3 Å². The number of rotatable bonds is 2. The molecule has 0 amide bonds. The van der Waals surface area contributed by atoms with Gasteiger partial charge < -0.3 is 5.11 Å². The number of H-pyrrole nitrogens is 1. The maximum Gasteiger partial charge on any atom is 0.0874 e. The van der Waals surface area contributed by atoms with Crippen LogP contribution in [0, 0.1) is 5.41 Å². The van der Waals surface area contributed by atoms with Crippen molar-refractivity contribution in [3.63, 3.8) is 0 Å². The van der Waals surface area contributed by atoms with Crippen molar-refractivity contribution < 1.29 is 5.11 Å². The third-order valence-corrected chi connectivity index (χ3v) is 2.85. The molecule has 0 aliphatic carbocycles. The van der Waals surface area contributed by atoms with Gasteiger partial charge in [-0.05, 0) is 11.0 Å². The van der Waals surface area contributed by atoms with Crippen molar-refractivity contribution in [2.24, 2.45) is 5.41 Å². The van der Waals surface area contributed by atoms with Gasteiger partial charge in [-0.2, -0.15) is 5.10 Å². The first-order valence-electron chi connectivity index (χ1n) is 5.77. The summed E-state index contributed by atoms with van der Waals surface area (Å²) >= 11 is 0. The predicted octanol–water partition coefficient (Wildman–Crippen LogP) is 3.16. The summed E-state index contributed by atoms with van der Waals surface area (Å²) in [4.78, 5) is 0. The Kier molecular flexibility index (Phi) is 3.03. The van der Waals surface area contributed by atoms with Crippen molar-refractivity contribution in [3.8, 4) is 11.3 Å². The topological polar surface area (TPSA) is 48.9 Å². The highest BCUT2D eigenvalue weighted by Crippen LogP contribution is 2.36. The quantitative estimate of drug-likeness (QED) is 0.832. The van der Waals surface area contributed by atoms with Crippen molar-refractivity contribution >= 4 is 0 Å². The van der Waals surface area contributed by atoms with Gasteiger partial charge >= 0.3 is 0 Å². The van der Waals surface area contributed by atoms with Gasteiger partial charge in [-0.25, -0.2) is 0 Å². The summed E-state index contributed by atoms with van der Waals surface area (Å²) in [5.41, 5.74) is 2.59. The van der Waals surface area contributed by atoms with E-state index in [1.165, 1.54) is 0 Å². The van der Waals surface area contributed by atoms with Crippen LogP contribution in [0.2, 0.25) is 0 Å². The average molecular weight is 230 g/mol. The Morgan fingerprint density at radius 1 is 1.18 bits per heavy atom.